The summed E-state index contributed by atoms with van der Waals surface area (Å²) in [5, 5.41) is 14.7. The molecule has 0 unspecified atom stereocenters. The normalized spacial score (nSPS) is 14.6. The van der Waals surface area contributed by atoms with Gasteiger partial charge in [0, 0.05) is 25.7 Å². The summed E-state index contributed by atoms with van der Waals surface area (Å²) in [5.41, 5.74) is -0.0381. The molecular weight excluding hydrogens is 316 g/mol. The van der Waals surface area contributed by atoms with Crippen LogP contribution in [0.15, 0.2) is 21.3 Å². The molecule has 0 saturated carbocycles. The van der Waals surface area contributed by atoms with Crippen LogP contribution in [0, 0.1) is 0 Å². The largest absolute Gasteiger partial charge is 0.401 e. The fourth-order valence-corrected chi connectivity index (χ4v) is 2.27. The average molecular weight is 334 g/mol. The zero-order valence-corrected chi connectivity index (χ0v) is 13.3. The summed E-state index contributed by atoms with van der Waals surface area (Å²) < 4.78 is 12.0. The molecule has 24 heavy (non-hydrogen) atoms. The summed E-state index contributed by atoms with van der Waals surface area (Å²) in [6.07, 6.45) is 0. The third kappa shape index (κ3) is 3.59. The van der Waals surface area contributed by atoms with Crippen molar-refractivity contribution in [2.45, 2.75) is 13.5 Å². The Labute approximate surface area is 137 Å². The molecule has 2 aromatic rings. The van der Waals surface area contributed by atoms with E-state index >= 15 is 0 Å². The molecular formula is C14H18N6O4. The number of carbonyl (C=O) groups is 1. The number of ether oxygens (including phenoxy) is 1. The molecule has 0 radical (unpaired) electrons. The molecule has 0 aliphatic carbocycles. The Morgan fingerprint density at radius 3 is 2.83 bits per heavy atom. The van der Waals surface area contributed by atoms with E-state index in [0.717, 1.165) is 4.68 Å². The summed E-state index contributed by atoms with van der Waals surface area (Å²) in [6, 6.07) is 3.20. The summed E-state index contributed by atoms with van der Waals surface area (Å²) in [4.78, 5) is 25.4. The van der Waals surface area contributed by atoms with Gasteiger partial charge in [-0.05, 0) is 13.0 Å². The molecule has 3 heterocycles. The second kappa shape index (κ2) is 7.21. The smallest absolute Gasteiger partial charge is 0.318 e. The minimum absolute atomic E-state index is 0.162. The molecule has 2 aromatic heterocycles. The van der Waals surface area contributed by atoms with Gasteiger partial charge >= 0.3 is 6.01 Å². The van der Waals surface area contributed by atoms with Crippen LogP contribution < -0.4 is 15.8 Å². The SMILES string of the molecule is CCNC(=O)Cn1nc(-c2nnc(N3CCOCC3)o2)ccc1=O. The maximum absolute atomic E-state index is 11.8. The lowest BCUT2D eigenvalue weighted by molar-refractivity contribution is -0.121. The minimum atomic E-state index is -0.377. The molecule has 10 heteroatoms. The summed E-state index contributed by atoms with van der Waals surface area (Å²) in [5.74, 6) is -0.0927. The van der Waals surface area contributed by atoms with Crippen molar-refractivity contribution in [3.05, 3.63) is 22.5 Å². The van der Waals surface area contributed by atoms with Gasteiger partial charge in [-0.15, -0.1) is 5.10 Å². The molecule has 0 spiro atoms. The zero-order chi connectivity index (χ0) is 16.9. The van der Waals surface area contributed by atoms with Crippen molar-refractivity contribution in [2.24, 2.45) is 0 Å². The molecule has 1 aliphatic rings. The highest BCUT2D eigenvalue weighted by molar-refractivity contribution is 5.75. The first-order chi connectivity index (χ1) is 11.7. The molecule has 1 N–H and O–H groups in total. The standard InChI is InChI=1S/C14H18N6O4/c1-2-15-11(21)9-20-12(22)4-3-10(18-20)13-16-17-14(24-13)19-5-7-23-8-6-19/h3-4H,2,5-9H2,1H3,(H,15,21). The molecule has 0 aromatic carbocycles. The third-order valence-corrected chi connectivity index (χ3v) is 3.45. The molecule has 10 nitrogen and oxygen atoms in total. The van der Waals surface area contributed by atoms with Gasteiger partial charge in [0.2, 0.25) is 5.91 Å². The van der Waals surface area contributed by atoms with E-state index in [2.05, 4.69) is 20.6 Å². The fraction of sp³-hybridized carbons (Fsp3) is 0.500. The van der Waals surface area contributed by atoms with Crippen molar-refractivity contribution >= 4 is 11.9 Å². The number of carbonyl (C=O) groups excluding carboxylic acids is 1. The second-order valence-corrected chi connectivity index (χ2v) is 5.16. The van der Waals surface area contributed by atoms with Crippen LogP contribution in [-0.4, -0.2) is 58.7 Å². The lowest BCUT2D eigenvalue weighted by Crippen LogP contribution is -2.36. The Bertz CT molecular complexity index is 765. The first kappa shape index (κ1) is 16.1. The minimum Gasteiger partial charge on any atom is -0.401 e. The van der Waals surface area contributed by atoms with E-state index in [0.29, 0.717) is 44.6 Å². The van der Waals surface area contributed by atoms with Crippen molar-refractivity contribution in [1.29, 1.82) is 0 Å². The molecule has 128 valence electrons. The fourth-order valence-electron chi connectivity index (χ4n) is 2.27. The molecule has 1 fully saturated rings. The Morgan fingerprint density at radius 1 is 1.29 bits per heavy atom. The van der Waals surface area contributed by atoms with E-state index in [9.17, 15) is 9.59 Å². The number of amides is 1. The molecule has 0 bridgehead atoms. The number of morpholine rings is 1. The number of nitrogens with one attached hydrogen (secondary N) is 1. The monoisotopic (exact) mass is 334 g/mol. The van der Waals surface area contributed by atoms with Crippen molar-refractivity contribution in [2.75, 3.05) is 37.7 Å². The summed E-state index contributed by atoms with van der Waals surface area (Å²) in [6.45, 7) is 4.68. The lowest BCUT2D eigenvalue weighted by Gasteiger charge is -2.24. The third-order valence-electron chi connectivity index (χ3n) is 3.45. The maximum Gasteiger partial charge on any atom is 0.318 e. The van der Waals surface area contributed by atoms with Crippen LogP contribution in [0.5, 0.6) is 0 Å². The number of anilines is 1. The highest BCUT2D eigenvalue weighted by Crippen LogP contribution is 2.20. The Hall–Kier alpha value is -2.75. The number of aromatic nitrogens is 4. The van der Waals surface area contributed by atoms with Crippen LogP contribution in [0.2, 0.25) is 0 Å². The number of nitrogens with zero attached hydrogens (tertiary/aromatic N) is 5. The first-order valence-corrected chi connectivity index (χ1v) is 7.69. The number of rotatable bonds is 5. The highest BCUT2D eigenvalue weighted by atomic mass is 16.5. The van der Waals surface area contributed by atoms with Crippen LogP contribution >= 0.6 is 0 Å². The Balaban J connectivity index is 1.80. The van der Waals surface area contributed by atoms with Crippen LogP contribution in [0.25, 0.3) is 11.6 Å². The van der Waals surface area contributed by atoms with Crippen molar-refractivity contribution in [3.63, 3.8) is 0 Å². The van der Waals surface area contributed by atoms with Gasteiger partial charge in [0.05, 0.1) is 13.2 Å². The molecule has 1 aliphatic heterocycles. The van der Waals surface area contributed by atoms with Crippen LogP contribution in [0.4, 0.5) is 6.01 Å². The van der Waals surface area contributed by atoms with Crippen molar-refractivity contribution < 1.29 is 13.9 Å². The van der Waals surface area contributed by atoms with Crippen LogP contribution in [-0.2, 0) is 16.1 Å². The Morgan fingerprint density at radius 2 is 2.08 bits per heavy atom. The quantitative estimate of drug-likeness (QED) is 0.760. The van der Waals surface area contributed by atoms with Gasteiger partial charge in [-0.2, -0.15) is 5.10 Å². The van der Waals surface area contributed by atoms with E-state index < -0.39 is 0 Å². The number of hydrogen-bond donors (Lipinski definition) is 1. The average Bonchev–Trinajstić information content (AvgIpc) is 3.08. The summed E-state index contributed by atoms with van der Waals surface area (Å²) >= 11 is 0. The first-order valence-electron chi connectivity index (χ1n) is 7.69. The van der Waals surface area contributed by atoms with E-state index in [4.69, 9.17) is 9.15 Å². The second-order valence-electron chi connectivity index (χ2n) is 5.16. The van der Waals surface area contributed by atoms with E-state index in [1.165, 1.54) is 12.1 Å². The molecule has 1 amide bonds. The maximum atomic E-state index is 11.8. The molecule has 0 atom stereocenters. The highest BCUT2D eigenvalue weighted by Gasteiger charge is 2.19. The van der Waals surface area contributed by atoms with Gasteiger partial charge in [0.1, 0.15) is 12.2 Å². The topological polar surface area (TPSA) is 115 Å². The van der Waals surface area contributed by atoms with Gasteiger partial charge in [-0.25, -0.2) is 4.68 Å². The number of likely N-dealkylation sites (N-methyl/N-ethyl adjacent to an activating group) is 1. The van der Waals surface area contributed by atoms with E-state index in [1.54, 1.807) is 6.92 Å². The van der Waals surface area contributed by atoms with E-state index in [-0.39, 0.29) is 23.9 Å². The van der Waals surface area contributed by atoms with Gasteiger partial charge in [-0.3, -0.25) is 9.59 Å². The van der Waals surface area contributed by atoms with Gasteiger partial charge in [-0.1, -0.05) is 5.10 Å². The summed E-state index contributed by atoms with van der Waals surface area (Å²) in [7, 11) is 0. The zero-order valence-electron chi connectivity index (χ0n) is 13.3. The van der Waals surface area contributed by atoms with E-state index in [1.807, 2.05) is 4.90 Å². The van der Waals surface area contributed by atoms with Crippen LogP contribution in [0.3, 0.4) is 0 Å². The van der Waals surface area contributed by atoms with Gasteiger partial charge in [0.25, 0.3) is 11.4 Å². The van der Waals surface area contributed by atoms with Crippen molar-refractivity contribution in [3.8, 4) is 11.6 Å². The Kier molecular flexibility index (Phi) is 4.85. The van der Waals surface area contributed by atoms with Gasteiger partial charge in [0.15, 0.2) is 0 Å². The molecule has 3 rings (SSSR count). The van der Waals surface area contributed by atoms with Crippen molar-refractivity contribution in [1.82, 2.24) is 25.3 Å². The predicted octanol–water partition coefficient (Wildman–Crippen LogP) is -0.734. The van der Waals surface area contributed by atoms with Crippen LogP contribution in [0.1, 0.15) is 6.92 Å². The molecule has 1 saturated heterocycles. The number of hydrogen-bond acceptors (Lipinski definition) is 8. The van der Waals surface area contributed by atoms with Gasteiger partial charge < -0.3 is 19.4 Å². The lowest BCUT2D eigenvalue weighted by atomic mass is 10.4. The predicted molar refractivity (Wildman–Crippen MR) is 83.5 cm³/mol.